The molecule has 1 aliphatic rings. The Bertz CT molecular complexity index is 421. The Kier molecular flexibility index (Phi) is 3.75. The predicted molar refractivity (Wildman–Crippen MR) is 59.6 cm³/mol. The van der Waals surface area contributed by atoms with E-state index in [0.717, 1.165) is 0 Å². The van der Waals surface area contributed by atoms with Crippen molar-refractivity contribution in [2.75, 3.05) is 19.6 Å². The molecule has 2 heterocycles. The van der Waals surface area contributed by atoms with Crippen LogP contribution in [0.25, 0.3) is 0 Å². The van der Waals surface area contributed by atoms with Crippen LogP contribution in [0.4, 0.5) is 0 Å². The van der Waals surface area contributed by atoms with Gasteiger partial charge in [-0.3, -0.25) is 19.8 Å². The number of likely N-dealkylation sites (tertiary alicyclic amines) is 1. The Labute approximate surface area is 103 Å². The SMILES string of the molecule is O=C(CN1C[C@@H](O)[C@@H](O)C1)NC(=O)c1ccco1. The lowest BCUT2D eigenvalue weighted by Crippen LogP contribution is -2.39. The number of carbonyl (C=O) groups excluding carboxylic acids is 2. The number of aliphatic hydroxyl groups excluding tert-OH is 2. The van der Waals surface area contributed by atoms with Crippen molar-refractivity contribution >= 4 is 11.8 Å². The van der Waals surface area contributed by atoms with Crippen molar-refractivity contribution in [3.05, 3.63) is 24.2 Å². The number of imide groups is 1. The van der Waals surface area contributed by atoms with Crippen LogP contribution < -0.4 is 5.32 Å². The number of rotatable bonds is 3. The van der Waals surface area contributed by atoms with Crippen LogP contribution in [0.2, 0.25) is 0 Å². The number of β-amino-alcohol motifs (C(OH)–C–C–N with tert-alkyl or cyclic N) is 2. The Morgan fingerprint density at radius 2 is 2.06 bits per heavy atom. The number of carbonyl (C=O) groups is 2. The van der Waals surface area contributed by atoms with Crippen LogP contribution in [0.1, 0.15) is 10.6 Å². The van der Waals surface area contributed by atoms with E-state index in [4.69, 9.17) is 4.42 Å². The molecule has 0 aromatic carbocycles. The molecule has 0 aliphatic carbocycles. The summed E-state index contributed by atoms with van der Waals surface area (Å²) in [6.45, 7) is 0.369. The second kappa shape index (κ2) is 5.30. The summed E-state index contributed by atoms with van der Waals surface area (Å²) in [5.74, 6) is -1.05. The number of nitrogens with zero attached hydrogens (tertiary/aromatic N) is 1. The van der Waals surface area contributed by atoms with Gasteiger partial charge in [-0.2, -0.15) is 0 Å². The molecule has 1 aromatic rings. The molecule has 2 atom stereocenters. The molecular formula is C11H14N2O5. The minimum Gasteiger partial charge on any atom is -0.459 e. The second-order valence-electron chi connectivity index (χ2n) is 4.18. The van der Waals surface area contributed by atoms with Gasteiger partial charge in [-0.15, -0.1) is 0 Å². The Balaban J connectivity index is 1.81. The minimum atomic E-state index is -0.849. The van der Waals surface area contributed by atoms with Gasteiger partial charge in [0.25, 0.3) is 5.91 Å². The molecule has 0 saturated carbocycles. The van der Waals surface area contributed by atoms with Crippen molar-refractivity contribution < 1.29 is 24.2 Å². The summed E-state index contributed by atoms with van der Waals surface area (Å²) in [5, 5.41) is 20.8. The molecule has 1 saturated heterocycles. The molecule has 2 amide bonds. The van der Waals surface area contributed by atoms with Gasteiger partial charge < -0.3 is 14.6 Å². The van der Waals surface area contributed by atoms with Crippen LogP contribution in [-0.2, 0) is 4.79 Å². The molecule has 18 heavy (non-hydrogen) atoms. The summed E-state index contributed by atoms with van der Waals surface area (Å²) < 4.78 is 4.84. The molecule has 2 rings (SSSR count). The number of furan rings is 1. The van der Waals surface area contributed by atoms with Gasteiger partial charge in [-0.25, -0.2) is 0 Å². The van der Waals surface area contributed by atoms with E-state index in [1.807, 2.05) is 0 Å². The first-order valence-electron chi connectivity index (χ1n) is 5.52. The van der Waals surface area contributed by atoms with Gasteiger partial charge in [-0.1, -0.05) is 0 Å². The van der Waals surface area contributed by atoms with Crippen LogP contribution >= 0.6 is 0 Å². The van der Waals surface area contributed by atoms with Gasteiger partial charge in [0.1, 0.15) is 0 Å². The highest BCUT2D eigenvalue weighted by molar-refractivity contribution is 6.03. The predicted octanol–water partition coefficient (Wildman–Crippen LogP) is -1.43. The Morgan fingerprint density at radius 1 is 1.39 bits per heavy atom. The third-order valence-electron chi connectivity index (χ3n) is 2.70. The molecule has 0 unspecified atom stereocenters. The minimum absolute atomic E-state index is 0.0550. The first kappa shape index (κ1) is 12.7. The van der Waals surface area contributed by atoms with Crippen LogP contribution in [-0.4, -0.2) is 58.8 Å². The quantitative estimate of drug-likeness (QED) is 0.611. The molecule has 1 fully saturated rings. The largest absolute Gasteiger partial charge is 0.459 e. The number of amides is 2. The molecule has 1 aliphatic heterocycles. The molecule has 3 N–H and O–H groups in total. The summed E-state index contributed by atoms with van der Waals surface area (Å²) >= 11 is 0. The molecule has 98 valence electrons. The highest BCUT2D eigenvalue weighted by Crippen LogP contribution is 2.09. The third kappa shape index (κ3) is 2.95. The molecule has 0 radical (unpaired) electrons. The lowest BCUT2D eigenvalue weighted by molar-refractivity contribution is -0.121. The van der Waals surface area contributed by atoms with Gasteiger partial charge in [-0.05, 0) is 12.1 Å². The van der Waals surface area contributed by atoms with Gasteiger partial charge in [0.05, 0.1) is 25.0 Å². The summed E-state index contributed by atoms with van der Waals surface area (Å²) in [4.78, 5) is 24.6. The van der Waals surface area contributed by atoms with Crippen LogP contribution in [0, 0.1) is 0 Å². The fourth-order valence-electron chi connectivity index (χ4n) is 1.81. The summed E-state index contributed by atoms with van der Waals surface area (Å²) in [5.41, 5.74) is 0. The molecule has 7 heteroatoms. The fraction of sp³-hybridized carbons (Fsp3) is 0.455. The third-order valence-corrected chi connectivity index (χ3v) is 2.70. The van der Waals surface area contributed by atoms with Crippen LogP contribution in [0.3, 0.4) is 0 Å². The van der Waals surface area contributed by atoms with Crippen molar-refractivity contribution in [1.29, 1.82) is 0 Å². The first-order chi connectivity index (χ1) is 8.56. The van der Waals surface area contributed by atoms with E-state index in [9.17, 15) is 19.8 Å². The molecule has 0 bridgehead atoms. The number of hydrogen-bond donors (Lipinski definition) is 3. The van der Waals surface area contributed by atoms with Gasteiger partial charge in [0.15, 0.2) is 5.76 Å². The number of nitrogens with one attached hydrogen (secondary N) is 1. The van der Waals surface area contributed by atoms with Gasteiger partial charge in [0, 0.05) is 13.1 Å². The van der Waals surface area contributed by atoms with Crippen LogP contribution in [0.5, 0.6) is 0 Å². The number of aliphatic hydroxyl groups is 2. The van der Waals surface area contributed by atoms with E-state index in [1.165, 1.54) is 12.3 Å². The Morgan fingerprint density at radius 3 is 2.61 bits per heavy atom. The van der Waals surface area contributed by atoms with Crippen molar-refractivity contribution in [2.45, 2.75) is 12.2 Å². The molecule has 7 nitrogen and oxygen atoms in total. The zero-order valence-corrected chi connectivity index (χ0v) is 9.57. The second-order valence-corrected chi connectivity index (χ2v) is 4.18. The Hall–Kier alpha value is -1.70. The van der Waals surface area contributed by atoms with E-state index in [1.54, 1.807) is 11.0 Å². The lowest BCUT2D eigenvalue weighted by Gasteiger charge is -2.13. The topological polar surface area (TPSA) is 103 Å². The normalized spacial score (nSPS) is 24.1. The molecule has 1 aromatic heterocycles. The highest BCUT2D eigenvalue weighted by atomic mass is 16.3. The zero-order chi connectivity index (χ0) is 13.1. The van der Waals surface area contributed by atoms with Gasteiger partial charge in [0.2, 0.25) is 5.91 Å². The summed E-state index contributed by atoms with van der Waals surface area (Å²) in [6, 6.07) is 3.00. The lowest BCUT2D eigenvalue weighted by atomic mass is 10.3. The van der Waals surface area contributed by atoms with Crippen molar-refractivity contribution in [2.24, 2.45) is 0 Å². The highest BCUT2D eigenvalue weighted by Gasteiger charge is 2.30. The summed E-state index contributed by atoms with van der Waals surface area (Å²) in [6.07, 6.45) is -0.357. The van der Waals surface area contributed by atoms with Crippen molar-refractivity contribution in [3.63, 3.8) is 0 Å². The van der Waals surface area contributed by atoms with E-state index in [-0.39, 0.29) is 25.4 Å². The maximum Gasteiger partial charge on any atom is 0.293 e. The average molecular weight is 254 g/mol. The van der Waals surface area contributed by atoms with E-state index in [0.29, 0.717) is 0 Å². The van der Waals surface area contributed by atoms with E-state index >= 15 is 0 Å². The first-order valence-corrected chi connectivity index (χ1v) is 5.52. The van der Waals surface area contributed by atoms with Gasteiger partial charge >= 0.3 is 0 Å². The molecule has 0 spiro atoms. The average Bonchev–Trinajstić information content (AvgIpc) is 2.89. The smallest absolute Gasteiger partial charge is 0.293 e. The molecular weight excluding hydrogens is 240 g/mol. The number of hydrogen-bond acceptors (Lipinski definition) is 6. The standard InChI is InChI=1S/C11H14N2O5/c14-7-4-13(5-8(7)15)6-10(16)12-11(17)9-2-1-3-18-9/h1-3,7-8,14-15H,4-6H2,(H,12,16,17)/t7-,8+. The van der Waals surface area contributed by atoms with Crippen LogP contribution in [0.15, 0.2) is 22.8 Å². The summed E-state index contributed by atoms with van der Waals surface area (Å²) in [7, 11) is 0. The zero-order valence-electron chi connectivity index (χ0n) is 9.57. The monoisotopic (exact) mass is 254 g/mol. The van der Waals surface area contributed by atoms with E-state index < -0.39 is 24.0 Å². The van der Waals surface area contributed by atoms with Crippen molar-refractivity contribution in [3.8, 4) is 0 Å². The maximum atomic E-state index is 11.5. The maximum absolute atomic E-state index is 11.5. The van der Waals surface area contributed by atoms with Crippen molar-refractivity contribution in [1.82, 2.24) is 10.2 Å². The fourth-order valence-corrected chi connectivity index (χ4v) is 1.81. The van der Waals surface area contributed by atoms with E-state index in [2.05, 4.69) is 5.32 Å².